The number of pyridine rings is 1. The van der Waals surface area contributed by atoms with E-state index in [1.807, 2.05) is 24.4 Å². The molecule has 1 N–H and O–H groups in total. The van der Waals surface area contributed by atoms with Gasteiger partial charge in [0, 0.05) is 17.8 Å². The molecule has 0 saturated carbocycles. The Morgan fingerprint density at radius 1 is 1.21 bits per heavy atom. The second-order valence-electron chi connectivity index (χ2n) is 2.99. The fraction of sp³-hybridized carbons (Fsp3) is 0. The molecule has 68 valence electrons. The van der Waals surface area contributed by atoms with Crippen molar-refractivity contribution in [3.63, 3.8) is 0 Å². The second kappa shape index (κ2) is 2.70. The first kappa shape index (κ1) is 7.32. The van der Waals surface area contributed by atoms with Crippen LogP contribution in [-0.2, 0) is 0 Å². The molecule has 3 heterocycles. The van der Waals surface area contributed by atoms with Gasteiger partial charge >= 0.3 is 0 Å². The van der Waals surface area contributed by atoms with Crippen LogP contribution in [0.1, 0.15) is 0 Å². The molecular weight excluding hydrogens is 178 g/mol. The van der Waals surface area contributed by atoms with Gasteiger partial charge in [-0.25, -0.2) is 4.98 Å². The summed E-state index contributed by atoms with van der Waals surface area (Å²) in [5, 5.41) is 6.63. The quantitative estimate of drug-likeness (QED) is 0.632. The van der Waals surface area contributed by atoms with Crippen molar-refractivity contribution in [2.24, 2.45) is 0 Å². The number of aromatic nitrogens is 3. The van der Waals surface area contributed by atoms with Gasteiger partial charge < -0.3 is 4.42 Å². The van der Waals surface area contributed by atoms with E-state index in [0.29, 0.717) is 0 Å². The SMILES string of the molecule is c1cc2nc(-c3cn[nH]c3)ccc2o1. The van der Waals surface area contributed by atoms with Crippen molar-refractivity contribution in [1.82, 2.24) is 15.2 Å². The predicted molar refractivity (Wildman–Crippen MR) is 51.6 cm³/mol. The topological polar surface area (TPSA) is 54.7 Å². The molecule has 14 heavy (non-hydrogen) atoms. The molecule has 0 unspecified atom stereocenters. The van der Waals surface area contributed by atoms with Crippen molar-refractivity contribution in [2.45, 2.75) is 0 Å². The monoisotopic (exact) mass is 185 g/mol. The molecule has 0 atom stereocenters. The van der Waals surface area contributed by atoms with Crippen LogP contribution >= 0.6 is 0 Å². The molecular formula is C10H7N3O. The third kappa shape index (κ3) is 1.01. The lowest BCUT2D eigenvalue weighted by Gasteiger charge is -1.94. The van der Waals surface area contributed by atoms with Gasteiger partial charge in [0.1, 0.15) is 5.52 Å². The highest BCUT2D eigenvalue weighted by atomic mass is 16.3. The zero-order valence-electron chi connectivity index (χ0n) is 7.27. The summed E-state index contributed by atoms with van der Waals surface area (Å²) in [7, 11) is 0. The highest BCUT2D eigenvalue weighted by Crippen LogP contribution is 2.19. The maximum absolute atomic E-state index is 5.20. The Labute approximate surface area is 79.6 Å². The van der Waals surface area contributed by atoms with Crippen LogP contribution < -0.4 is 0 Å². The van der Waals surface area contributed by atoms with Crippen LogP contribution in [-0.4, -0.2) is 15.2 Å². The van der Waals surface area contributed by atoms with Gasteiger partial charge in [-0.2, -0.15) is 5.10 Å². The third-order valence-corrected chi connectivity index (χ3v) is 2.10. The Balaban J connectivity index is 2.23. The molecule has 0 bridgehead atoms. The number of hydrogen-bond donors (Lipinski definition) is 1. The third-order valence-electron chi connectivity index (χ3n) is 2.10. The fourth-order valence-electron chi connectivity index (χ4n) is 1.40. The molecule has 0 amide bonds. The molecule has 3 aromatic rings. The Bertz CT molecular complexity index is 554. The van der Waals surface area contributed by atoms with Gasteiger partial charge in [-0.15, -0.1) is 0 Å². The average molecular weight is 185 g/mol. The summed E-state index contributed by atoms with van der Waals surface area (Å²) >= 11 is 0. The number of furan rings is 1. The number of aromatic amines is 1. The van der Waals surface area contributed by atoms with Crippen molar-refractivity contribution in [2.75, 3.05) is 0 Å². The van der Waals surface area contributed by atoms with Crippen molar-refractivity contribution in [3.05, 3.63) is 36.9 Å². The number of fused-ring (bicyclic) bond motifs is 1. The smallest absolute Gasteiger partial charge is 0.152 e. The summed E-state index contributed by atoms with van der Waals surface area (Å²) in [5.74, 6) is 0. The standard InChI is InChI=1S/C10H7N3O/c1-2-10-9(3-4-14-10)13-8(1)7-5-11-12-6-7/h1-6H,(H,11,12). The molecule has 0 radical (unpaired) electrons. The van der Waals surface area contributed by atoms with Crippen LogP contribution in [0, 0.1) is 0 Å². The summed E-state index contributed by atoms with van der Waals surface area (Å²) in [6.45, 7) is 0. The first-order valence-electron chi connectivity index (χ1n) is 4.27. The van der Waals surface area contributed by atoms with Crippen molar-refractivity contribution < 1.29 is 4.42 Å². The normalized spacial score (nSPS) is 10.9. The van der Waals surface area contributed by atoms with Gasteiger partial charge in [0.25, 0.3) is 0 Å². The molecule has 4 nitrogen and oxygen atoms in total. The van der Waals surface area contributed by atoms with Crippen molar-refractivity contribution >= 4 is 11.1 Å². The van der Waals surface area contributed by atoms with Gasteiger partial charge in [-0.3, -0.25) is 5.10 Å². The van der Waals surface area contributed by atoms with Crippen molar-refractivity contribution in [1.29, 1.82) is 0 Å². The number of H-pyrrole nitrogens is 1. The van der Waals surface area contributed by atoms with Crippen LogP contribution in [0.25, 0.3) is 22.4 Å². The molecule has 3 rings (SSSR count). The van der Waals surface area contributed by atoms with E-state index < -0.39 is 0 Å². The number of hydrogen-bond acceptors (Lipinski definition) is 3. The molecule has 0 aromatic carbocycles. The number of rotatable bonds is 1. The van der Waals surface area contributed by atoms with Gasteiger partial charge in [0.2, 0.25) is 0 Å². The summed E-state index contributed by atoms with van der Waals surface area (Å²) in [5.41, 5.74) is 3.54. The zero-order valence-corrected chi connectivity index (χ0v) is 7.27. The van der Waals surface area contributed by atoms with Gasteiger partial charge in [-0.05, 0) is 12.1 Å². The molecule has 0 aliphatic carbocycles. The first-order valence-corrected chi connectivity index (χ1v) is 4.27. The van der Waals surface area contributed by atoms with E-state index in [1.54, 1.807) is 12.5 Å². The minimum absolute atomic E-state index is 0.803. The lowest BCUT2D eigenvalue weighted by Crippen LogP contribution is -1.80. The molecule has 0 aliphatic heterocycles. The van der Waals surface area contributed by atoms with E-state index in [2.05, 4.69) is 15.2 Å². The lowest BCUT2D eigenvalue weighted by atomic mass is 10.2. The van der Waals surface area contributed by atoms with Gasteiger partial charge in [0.05, 0.1) is 18.2 Å². The van der Waals surface area contributed by atoms with E-state index in [0.717, 1.165) is 22.4 Å². The van der Waals surface area contributed by atoms with Crippen LogP contribution in [0.4, 0.5) is 0 Å². The van der Waals surface area contributed by atoms with E-state index in [9.17, 15) is 0 Å². The molecule has 0 fully saturated rings. The molecule has 0 aliphatic rings. The van der Waals surface area contributed by atoms with E-state index in [1.165, 1.54) is 0 Å². The van der Waals surface area contributed by atoms with Crippen LogP contribution in [0.2, 0.25) is 0 Å². The summed E-state index contributed by atoms with van der Waals surface area (Å²) in [6, 6.07) is 5.67. The molecule has 3 aromatic heterocycles. The zero-order chi connectivity index (χ0) is 9.38. The number of nitrogens with one attached hydrogen (secondary N) is 1. The molecule has 0 spiro atoms. The Kier molecular flexibility index (Phi) is 1.41. The van der Waals surface area contributed by atoms with Crippen LogP contribution in [0.3, 0.4) is 0 Å². The second-order valence-corrected chi connectivity index (χ2v) is 2.99. The fourth-order valence-corrected chi connectivity index (χ4v) is 1.40. The molecule has 0 saturated heterocycles. The predicted octanol–water partition coefficient (Wildman–Crippen LogP) is 2.22. The van der Waals surface area contributed by atoms with Gasteiger partial charge in [-0.1, -0.05) is 0 Å². The number of nitrogens with zero attached hydrogens (tertiary/aromatic N) is 2. The first-order chi connectivity index (χ1) is 6.93. The van der Waals surface area contributed by atoms with E-state index in [4.69, 9.17) is 4.42 Å². The van der Waals surface area contributed by atoms with Crippen LogP contribution in [0.5, 0.6) is 0 Å². The van der Waals surface area contributed by atoms with Gasteiger partial charge in [0.15, 0.2) is 5.58 Å². The van der Waals surface area contributed by atoms with Crippen LogP contribution in [0.15, 0.2) is 41.3 Å². The minimum atomic E-state index is 0.803. The molecule has 4 heteroatoms. The largest absolute Gasteiger partial charge is 0.463 e. The highest BCUT2D eigenvalue weighted by Gasteiger charge is 2.03. The Morgan fingerprint density at radius 2 is 2.21 bits per heavy atom. The summed E-state index contributed by atoms with van der Waals surface area (Å²) < 4.78 is 5.20. The maximum atomic E-state index is 5.20. The van der Waals surface area contributed by atoms with E-state index >= 15 is 0 Å². The van der Waals surface area contributed by atoms with Crippen molar-refractivity contribution in [3.8, 4) is 11.3 Å². The Morgan fingerprint density at radius 3 is 3.07 bits per heavy atom. The summed E-state index contributed by atoms with van der Waals surface area (Å²) in [6.07, 6.45) is 5.19. The highest BCUT2D eigenvalue weighted by molar-refractivity contribution is 5.76. The minimum Gasteiger partial charge on any atom is -0.463 e. The average Bonchev–Trinajstić information content (AvgIpc) is 2.88. The van der Waals surface area contributed by atoms with E-state index in [-0.39, 0.29) is 0 Å². The maximum Gasteiger partial charge on any atom is 0.152 e. The Hall–Kier alpha value is -2.10. The summed E-state index contributed by atoms with van der Waals surface area (Å²) in [4.78, 5) is 4.42. The lowest BCUT2D eigenvalue weighted by molar-refractivity contribution is 0.615.